The summed E-state index contributed by atoms with van der Waals surface area (Å²) in [5, 5.41) is 0. The lowest BCUT2D eigenvalue weighted by molar-refractivity contribution is -0.648. The van der Waals surface area contributed by atoms with E-state index in [2.05, 4.69) is 53.8 Å². The first-order valence-corrected chi connectivity index (χ1v) is 8.18. The minimum Gasteiger partial charge on any atom is -0.257 e. The zero-order valence-corrected chi connectivity index (χ0v) is 13.2. The van der Waals surface area contributed by atoms with E-state index < -0.39 is 0 Å². The molecule has 0 bridgehead atoms. The Morgan fingerprint density at radius 3 is 2.84 bits per heavy atom. The maximum atomic E-state index is 4.85. The molecule has 1 aliphatic heterocycles. The van der Waals surface area contributed by atoms with E-state index in [9.17, 15) is 0 Å². The van der Waals surface area contributed by atoms with E-state index in [4.69, 9.17) is 4.98 Å². The molecule has 5 heterocycles. The summed E-state index contributed by atoms with van der Waals surface area (Å²) in [5.41, 5.74) is 6.18. The normalized spacial score (nSPS) is 12.6. The Kier molecular flexibility index (Phi) is 2.31. The predicted molar refractivity (Wildman–Crippen MR) is 92.3 cm³/mol. The Morgan fingerprint density at radius 1 is 1.00 bits per heavy atom. The quantitative estimate of drug-likeness (QED) is 0.436. The van der Waals surface area contributed by atoms with E-state index in [1.165, 1.54) is 0 Å². The van der Waals surface area contributed by atoms with Crippen molar-refractivity contribution in [2.24, 2.45) is 0 Å². The lowest BCUT2D eigenvalue weighted by Crippen LogP contribution is -2.32. The predicted octanol–water partition coefficient (Wildman–Crippen LogP) is 2.38. The third kappa shape index (κ3) is 1.58. The van der Waals surface area contributed by atoms with Crippen LogP contribution in [0.25, 0.3) is 34.0 Å². The van der Waals surface area contributed by atoms with Crippen molar-refractivity contribution in [1.82, 2.24) is 23.9 Å². The summed E-state index contributed by atoms with van der Waals surface area (Å²) in [6.07, 6.45) is 7.40. The lowest BCUT2D eigenvalue weighted by atomic mass is 10.2. The molecule has 0 N–H and O–H groups in total. The van der Waals surface area contributed by atoms with Crippen LogP contribution in [0.5, 0.6) is 0 Å². The van der Waals surface area contributed by atoms with Crippen molar-refractivity contribution < 1.29 is 4.57 Å². The summed E-state index contributed by atoms with van der Waals surface area (Å²) in [7, 11) is 0. The van der Waals surface area contributed by atoms with Gasteiger partial charge in [-0.05, 0) is 24.3 Å². The van der Waals surface area contributed by atoms with Crippen molar-refractivity contribution in [3.8, 4) is 17.1 Å². The smallest absolute Gasteiger partial charge is 0.257 e. The SMILES string of the molecule is c1ccc(-n2c3[n+](c4c2nc2cnccn24)Cc2ncccc2-3)cc1. The van der Waals surface area contributed by atoms with Crippen LogP contribution in [-0.4, -0.2) is 23.9 Å². The highest BCUT2D eigenvalue weighted by Crippen LogP contribution is 2.32. The van der Waals surface area contributed by atoms with Crippen molar-refractivity contribution >= 4 is 16.9 Å². The van der Waals surface area contributed by atoms with E-state index in [0.29, 0.717) is 0 Å². The molecule has 0 saturated carbocycles. The van der Waals surface area contributed by atoms with Crippen LogP contribution in [0.4, 0.5) is 0 Å². The van der Waals surface area contributed by atoms with Gasteiger partial charge >= 0.3 is 0 Å². The fourth-order valence-electron chi connectivity index (χ4n) is 3.76. The maximum Gasteiger partial charge on any atom is 0.296 e. The topological polar surface area (TPSA) is 51.9 Å². The molecule has 4 aromatic heterocycles. The van der Waals surface area contributed by atoms with Gasteiger partial charge in [-0.3, -0.25) is 9.97 Å². The Morgan fingerprint density at radius 2 is 1.92 bits per heavy atom. The molecule has 6 rings (SSSR count). The molecule has 1 aromatic carbocycles. The Balaban J connectivity index is 1.83. The standard InChI is InChI=1S/C19H13N6/c1-2-5-13(6-3-1)25-17-19(23-10-9-20-11-16(23)22-17)24-12-15-14(18(24)25)7-4-8-21-15/h1-11H,12H2/q+1. The van der Waals surface area contributed by atoms with Gasteiger partial charge in [0, 0.05) is 6.20 Å². The molecule has 0 amide bonds. The molecule has 0 fully saturated rings. The molecule has 0 atom stereocenters. The first-order valence-electron chi connectivity index (χ1n) is 8.18. The maximum absolute atomic E-state index is 4.85. The minimum atomic E-state index is 0.748. The largest absolute Gasteiger partial charge is 0.296 e. The average Bonchev–Trinajstić information content (AvgIpc) is 3.29. The number of benzene rings is 1. The van der Waals surface area contributed by atoms with Crippen molar-refractivity contribution in [1.29, 1.82) is 0 Å². The molecule has 6 nitrogen and oxygen atoms in total. The molecule has 1 aliphatic rings. The zero-order valence-electron chi connectivity index (χ0n) is 13.2. The van der Waals surface area contributed by atoms with Crippen molar-refractivity contribution in [2.45, 2.75) is 6.54 Å². The number of para-hydroxylation sites is 1. The molecule has 0 aliphatic carbocycles. The second-order valence-corrected chi connectivity index (χ2v) is 6.14. The Hall–Kier alpha value is -3.54. The summed E-state index contributed by atoms with van der Waals surface area (Å²) < 4.78 is 6.60. The van der Waals surface area contributed by atoms with Gasteiger partial charge in [0.25, 0.3) is 11.3 Å². The molecule has 0 unspecified atom stereocenters. The van der Waals surface area contributed by atoms with Gasteiger partial charge in [-0.15, -0.1) is 0 Å². The fourth-order valence-corrected chi connectivity index (χ4v) is 3.76. The average molecular weight is 325 g/mol. The molecule has 118 valence electrons. The summed E-state index contributed by atoms with van der Waals surface area (Å²) in [4.78, 5) is 13.6. The fraction of sp³-hybridized carbons (Fsp3) is 0.0526. The molecular formula is C19H13N6+. The van der Waals surface area contributed by atoms with E-state index in [0.717, 1.165) is 46.3 Å². The van der Waals surface area contributed by atoms with E-state index in [1.807, 2.05) is 24.5 Å². The van der Waals surface area contributed by atoms with E-state index in [-0.39, 0.29) is 0 Å². The highest BCUT2D eigenvalue weighted by atomic mass is 15.3. The van der Waals surface area contributed by atoms with Gasteiger partial charge in [-0.1, -0.05) is 18.2 Å². The number of rotatable bonds is 1. The second kappa shape index (κ2) is 4.51. The van der Waals surface area contributed by atoms with Crippen LogP contribution in [0.3, 0.4) is 0 Å². The van der Waals surface area contributed by atoms with E-state index in [1.54, 1.807) is 12.4 Å². The molecule has 6 heteroatoms. The summed E-state index contributed by atoms with van der Waals surface area (Å²) in [6.45, 7) is 0.748. The van der Waals surface area contributed by atoms with Crippen LogP contribution in [0.15, 0.2) is 67.3 Å². The van der Waals surface area contributed by atoms with Gasteiger partial charge in [0.15, 0.2) is 0 Å². The van der Waals surface area contributed by atoms with Crippen LogP contribution in [0.2, 0.25) is 0 Å². The first kappa shape index (κ1) is 12.8. The zero-order chi connectivity index (χ0) is 16.4. The Bertz CT molecular complexity index is 1270. The van der Waals surface area contributed by atoms with Crippen LogP contribution in [0, 0.1) is 0 Å². The van der Waals surface area contributed by atoms with Gasteiger partial charge in [0.1, 0.15) is 12.2 Å². The number of imidazole rings is 2. The number of pyridine rings is 1. The molecule has 5 aromatic rings. The van der Waals surface area contributed by atoms with Crippen molar-refractivity contribution in [2.75, 3.05) is 0 Å². The first-order chi connectivity index (χ1) is 12.4. The van der Waals surface area contributed by atoms with Crippen LogP contribution in [0.1, 0.15) is 5.69 Å². The molecule has 0 radical (unpaired) electrons. The summed E-state index contributed by atoms with van der Waals surface area (Å²) in [6, 6.07) is 14.5. The van der Waals surface area contributed by atoms with Crippen molar-refractivity contribution in [3.63, 3.8) is 0 Å². The second-order valence-electron chi connectivity index (χ2n) is 6.14. The molecule has 0 spiro atoms. The number of nitrogens with zero attached hydrogens (tertiary/aromatic N) is 6. The third-order valence-electron chi connectivity index (χ3n) is 4.78. The highest BCUT2D eigenvalue weighted by Gasteiger charge is 2.36. The van der Waals surface area contributed by atoms with Crippen LogP contribution < -0.4 is 4.57 Å². The number of hydrogen-bond donors (Lipinski definition) is 0. The van der Waals surface area contributed by atoms with Crippen LogP contribution in [-0.2, 0) is 6.54 Å². The Labute approximate surface area is 142 Å². The molecule has 0 saturated heterocycles. The van der Waals surface area contributed by atoms with E-state index >= 15 is 0 Å². The lowest BCUT2D eigenvalue weighted by Gasteiger charge is -2.02. The highest BCUT2D eigenvalue weighted by molar-refractivity contribution is 5.78. The number of fused-ring (bicyclic) bond motifs is 7. The van der Waals surface area contributed by atoms with Crippen LogP contribution >= 0.6 is 0 Å². The summed E-state index contributed by atoms with van der Waals surface area (Å²) >= 11 is 0. The van der Waals surface area contributed by atoms with Gasteiger partial charge in [-0.25, -0.2) is 13.5 Å². The van der Waals surface area contributed by atoms with Gasteiger partial charge in [0.05, 0.1) is 29.8 Å². The van der Waals surface area contributed by atoms with Gasteiger partial charge in [0.2, 0.25) is 11.5 Å². The minimum absolute atomic E-state index is 0.748. The molecule has 25 heavy (non-hydrogen) atoms. The van der Waals surface area contributed by atoms with Crippen molar-refractivity contribution in [3.05, 3.63) is 72.9 Å². The van der Waals surface area contributed by atoms with Gasteiger partial charge < -0.3 is 0 Å². The monoisotopic (exact) mass is 325 g/mol. The van der Waals surface area contributed by atoms with Gasteiger partial charge in [-0.2, -0.15) is 4.98 Å². The molecular weight excluding hydrogens is 312 g/mol. The summed E-state index contributed by atoms with van der Waals surface area (Å²) in [5.74, 6) is 1.12. The third-order valence-corrected chi connectivity index (χ3v) is 4.78. The number of aromatic nitrogens is 6. The number of hydrogen-bond acceptors (Lipinski definition) is 3.